The molecule has 0 aromatic carbocycles. The minimum atomic E-state index is -3.60. The zero-order valence-electron chi connectivity index (χ0n) is 3.09. The number of alkyl halides is 4. The fourth-order valence-corrected chi connectivity index (χ4v) is 0.575. The number of hydrogen-bond donors (Lipinski definition) is 0. The molecular weight excluding hydrogens is 127 g/mol. The van der Waals surface area contributed by atoms with E-state index in [-0.39, 0.29) is 0 Å². The van der Waals surface area contributed by atoms with E-state index >= 15 is 0 Å². The highest BCUT2D eigenvalue weighted by Gasteiger charge is 2.76. The number of hydrogen-bond acceptors (Lipinski definition) is 0. The van der Waals surface area contributed by atoms with E-state index in [1.165, 1.54) is 0 Å². The molecular formula is C2AlF4. The molecule has 0 unspecified atom stereocenters. The topological polar surface area (TPSA) is 0 Å². The monoisotopic (exact) mass is 127 g/mol. The standard InChI is InChI=1S/C2F4.Al/c3-1(4)2(5)6;. The molecule has 5 heteroatoms. The molecule has 0 saturated carbocycles. The molecule has 1 fully saturated rings. The molecule has 7 heavy (non-hydrogen) atoms. The Kier molecular flexibility index (Phi) is 0.756. The van der Waals surface area contributed by atoms with Crippen LogP contribution in [0.1, 0.15) is 0 Å². The molecule has 1 aliphatic rings. The van der Waals surface area contributed by atoms with Crippen LogP contribution in [0.25, 0.3) is 0 Å². The van der Waals surface area contributed by atoms with Crippen LogP contribution in [-0.4, -0.2) is 24.8 Å². The van der Waals surface area contributed by atoms with Crippen LogP contribution in [0.5, 0.6) is 0 Å². The molecule has 1 saturated heterocycles. The zero-order chi connectivity index (χ0) is 5.71. The summed E-state index contributed by atoms with van der Waals surface area (Å²) in [5.41, 5.74) is 0. The zero-order valence-corrected chi connectivity index (χ0v) is 4.24. The lowest BCUT2D eigenvalue weighted by atomic mass is 10.8. The van der Waals surface area contributed by atoms with Crippen molar-refractivity contribution >= 4 is 15.2 Å². The molecule has 1 heterocycles. The molecule has 1 rings (SSSR count). The van der Waals surface area contributed by atoms with Crippen LogP contribution in [0.4, 0.5) is 17.6 Å². The molecule has 1 radical (unpaired) electrons. The SMILES string of the molecule is F[C]1(F)[Al][C]1(F)F. The molecule has 0 bridgehead atoms. The molecule has 39 valence electrons. The first-order valence-electron chi connectivity index (χ1n) is 1.58. The van der Waals surface area contributed by atoms with E-state index in [2.05, 4.69) is 0 Å². The summed E-state index contributed by atoms with van der Waals surface area (Å²) in [5.74, 6) is 0. The van der Waals surface area contributed by atoms with Gasteiger partial charge in [-0.1, -0.05) is 0 Å². The van der Waals surface area contributed by atoms with Gasteiger partial charge in [0.1, 0.15) is 0 Å². The third-order valence-corrected chi connectivity index (χ3v) is 1.89. The molecule has 0 aliphatic carbocycles. The highest BCUT2D eigenvalue weighted by Crippen LogP contribution is 2.47. The van der Waals surface area contributed by atoms with Crippen molar-refractivity contribution in [3.63, 3.8) is 0 Å². The first kappa shape index (κ1) is 5.39. The Labute approximate surface area is 43.2 Å². The molecule has 0 N–H and O–H groups in total. The summed E-state index contributed by atoms with van der Waals surface area (Å²) in [7, 11) is 0. The lowest BCUT2D eigenvalue weighted by molar-refractivity contribution is -0.0278. The lowest BCUT2D eigenvalue weighted by Crippen LogP contribution is -2.02. The van der Waals surface area contributed by atoms with E-state index in [0.29, 0.717) is 0 Å². The normalized spacial score (nSPS) is 31.4. The van der Waals surface area contributed by atoms with Gasteiger partial charge in [-0.3, -0.25) is 0 Å². The van der Waals surface area contributed by atoms with E-state index in [9.17, 15) is 17.6 Å². The lowest BCUT2D eigenvalue weighted by Gasteiger charge is -1.94. The molecule has 0 atom stereocenters. The minimum absolute atomic E-state index is 1.91. The second kappa shape index (κ2) is 0.982. The second-order valence-electron chi connectivity index (χ2n) is 1.39. The Hall–Kier alpha value is 0.252. The van der Waals surface area contributed by atoms with Crippen molar-refractivity contribution in [1.29, 1.82) is 0 Å². The second-order valence-corrected chi connectivity index (χ2v) is 3.13. The number of halogens is 4. The average molecular weight is 127 g/mol. The van der Waals surface area contributed by atoms with Gasteiger partial charge >= 0.3 is 15.2 Å². The van der Waals surface area contributed by atoms with Gasteiger partial charge in [0, 0.05) is 0 Å². The van der Waals surface area contributed by atoms with Crippen molar-refractivity contribution < 1.29 is 17.6 Å². The molecule has 1 aliphatic heterocycles. The van der Waals surface area contributed by atoms with Crippen molar-refractivity contribution in [2.75, 3.05) is 0 Å². The summed E-state index contributed by atoms with van der Waals surface area (Å²) >= 11 is -1.91. The largest absolute Gasteiger partial charge is 0.449 e. The Morgan fingerprint density at radius 1 is 0.857 bits per heavy atom. The van der Waals surface area contributed by atoms with Crippen LogP contribution < -0.4 is 0 Å². The Bertz CT molecular complexity index is 85.9. The third kappa shape index (κ3) is 0.644. The maximum Gasteiger partial charge on any atom is 0.449 e. The summed E-state index contributed by atoms with van der Waals surface area (Å²) < 4.78 is 44.8. The van der Waals surface area contributed by atoms with Crippen molar-refractivity contribution in [2.45, 2.75) is 9.57 Å². The van der Waals surface area contributed by atoms with Gasteiger partial charge in [0.25, 0.3) is 0 Å². The quantitative estimate of drug-likeness (QED) is 0.335. The first-order valence-corrected chi connectivity index (χ1v) is 2.74. The van der Waals surface area contributed by atoms with E-state index in [1.807, 2.05) is 0 Å². The molecule has 0 aromatic heterocycles. The van der Waals surface area contributed by atoms with Crippen molar-refractivity contribution in [2.24, 2.45) is 0 Å². The van der Waals surface area contributed by atoms with E-state index in [4.69, 9.17) is 0 Å². The van der Waals surface area contributed by atoms with Gasteiger partial charge in [0.15, 0.2) is 0 Å². The average Bonchev–Trinajstić information content (AvgIpc) is 1.63. The van der Waals surface area contributed by atoms with E-state index in [0.717, 1.165) is 0 Å². The summed E-state index contributed by atoms with van der Waals surface area (Å²) in [6, 6.07) is 0. The van der Waals surface area contributed by atoms with Crippen molar-refractivity contribution in [1.82, 2.24) is 0 Å². The van der Waals surface area contributed by atoms with Crippen LogP contribution in [-0.2, 0) is 0 Å². The van der Waals surface area contributed by atoms with Crippen LogP contribution in [0.2, 0.25) is 0 Å². The Morgan fingerprint density at radius 3 is 1.00 bits per heavy atom. The van der Waals surface area contributed by atoms with E-state index < -0.39 is 24.8 Å². The first-order chi connectivity index (χ1) is 2.96. The molecule has 0 amide bonds. The van der Waals surface area contributed by atoms with Gasteiger partial charge in [-0.05, 0) is 0 Å². The summed E-state index contributed by atoms with van der Waals surface area (Å²) in [6.45, 7) is 0. The van der Waals surface area contributed by atoms with Gasteiger partial charge in [-0.15, -0.1) is 0 Å². The summed E-state index contributed by atoms with van der Waals surface area (Å²) in [5, 5.41) is 0. The molecule has 0 nitrogen and oxygen atoms in total. The summed E-state index contributed by atoms with van der Waals surface area (Å²) in [6.07, 6.45) is 0. The minimum Gasteiger partial charge on any atom is -0.223 e. The van der Waals surface area contributed by atoms with Crippen LogP contribution in [0, 0.1) is 0 Å². The highest BCUT2D eigenvalue weighted by molar-refractivity contribution is 6.57. The third-order valence-electron chi connectivity index (χ3n) is 0.724. The molecule has 0 spiro atoms. The van der Waals surface area contributed by atoms with Gasteiger partial charge in [0.05, 0.1) is 0 Å². The summed E-state index contributed by atoms with van der Waals surface area (Å²) in [4.78, 5) is -7.21. The van der Waals surface area contributed by atoms with Gasteiger partial charge < -0.3 is 0 Å². The van der Waals surface area contributed by atoms with Crippen LogP contribution >= 0.6 is 0 Å². The van der Waals surface area contributed by atoms with Crippen molar-refractivity contribution in [3.8, 4) is 0 Å². The maximum atomic E-state index is 11.2. The van der Waals surface area contributed by atoms with Crippen molar-refractivity contribution in [3.05, 3.63) is 0 Å². The Morgan fingerprint density at radius 2 is 1.00 bits per heavy atom. The van der Waals surface area contributed by atoms with Gasteiger partial charge in [-0.25, -0.2) is 17.6 Å². The molecule has 0 aromatic rings. The maximum absolute atomic E-state index is 11.2. The van der Waals surface area contributed by atoms with Gasteiger partial charge in [-0.2, -0.15) is 0 Å². The van der Waals surface area contributed by atoms with Crippen LogP contribution in [0.15, 0.2) is 0 Å². The predicted molar refractivity (Wildman–Crippen MR) is 15.6 cm³/mol. The van der Waals surface area contributed by atoms with Crippen LogP contribution in [0.3, 0.4) is 0 Å². The smallest absolute Gasteiger partial charge is 0.223 e. The highest BCUT2D eigenvalue weighted by atomic mass is 27.1. The fraction of sp³-hybridized carbons (Fsp3) is 1.00. The van der Waals surface area contributed by atoms with E-state index in [1.54, 1.807) is 0 Å². The predicted octanol–water partition coefficient (Wildman–Crippen LogP) is 0.890. The fourth-order valence-electron chi connectivity index (χ4n) is 0.192. The Balaban J connectivity index is 2.59. The van der Waals surface area contributed by atoms with Gasteiger partial charge in [0.2, 0.25) is 9.57 Å². The number of rotatable bonds is 0.